The molecule has 3 aliphatic heterocycles. The van der Waals surface area contributed by atoms with Gasteiger partial charge in [0, 0.05) is 30.5 Å². The minimum absolute atomic E-state index is 0.00352. The maximum Gasteiger partial charge on any atom is 0.410 e. The summed E-state index contributed by atoms with van der Waals surface area (Å²) < 4.78 is 36.2. The van der Waals surface area contributed by atoms with Crippen LogP contribution in [-0.4, -0.2) is 79.4 Å². The van der Waals surface area contributed by atoms with Crippen molar-refractivity contribution in [1.29, 1.82) is 0 Å². The van der Waals surface area contributed by atoms with Gasteiger partial charge in [-0.1, -0.05) is 60.9 Å². The number of hydrogen-bond donors (Lipinski definition) is 4. The topological polar surface area (TPSA) is 166 Å². The van der Waals surface area contributed by atoms with E-state index in [-0.39, 0.29) is 31.0 Å². The Bertz CT molecular complexity index is 1710. The summed E-state index contributed by atoms with van der Waals surface area (Å²) in [5, 5.41) is 6.31. The van der Waals surface area contributed by atoms with Crippen LogP contribution in [0.5, 0.6) is 0 Å². The van der Waals surface area contributed by atoms with E-state index in [1.165, 1.54) is 29.2 Å². The second kappa shape index (κ2) is 14.4. The van der Waals surface area contributed by atoms with E-state index in [2.05, 4.69) is 20.1 Å². The summed E-state index contributed by atoms with van der Waals surface area (Å²) in [6.45, 7) is 0.806. The predicted molar refractivity (Wildman–Crippen MR) is 182 cm³/mol. The van der Waals surface area contributed by atoms with Crippen LogP contribution in [0.25, 0.3) is 0 Å². The number of nitrogens with zero attached hydrogens (tertiary/aromatic N) is 2. The molecule has 0 radical (unpaired) electrons. The van der Waals surface area contributed by atoms with Crippen LogP contribution in [0.4, 0.5) is 10.5 Å². The highest BCUT2D eigenvalue weighted by atomic mass is 35.5. The minimum atomic E-state index is -4.38. The van der Waals surface area contributed by atoms with Crippen LogP contribution in [0.15, 0.2) is 60.7 Å². The lowest BCUT2D eigenvalue weighted by Gasteiger charge is -2.29. The molecule has 1 aliphatic carbocycles. The molecule has 1 saturated heterocycles. The van der Waals surface area contributed by atoms with Gasteiger partial charge in [0.25, 0.3) is 5.91 Å². The van der Waals surface area contributed by atoms with E-state index in [1.54, 1.807) is 11.9 Å². The van der Waals surface area contributed by atoms with Crippen LogP contribution < -0.4 is 20.1 Å². The van der Waals surface area contributed by atoms with Gasteiger partial charge in [-0.15, -0.1) is 0 Å². The van der Waals surface area contributed by atoms with Gasteiger partial charge in [0.2, 0.25) is 11.8 Å². The maximum atomic E-state index is 14.1. The molecule has 2 aromatic rings. The smallest absolute Gasteiger partial charge is 0.410 e. The number of fused-ring (bicyclic) bond motifs is 3. The first-order valence-electron chi connectivity index (χ1n) is 16.6. The van der Waals surface area contributed by atoms with Crippen molar-refractivity contribution >= 4 is 51.3 Å². The third-order valence-corrected chi connectivity index (χ3v) is 10.9. The normalized spacial score (nSPS) is 27.8. The van der Waals surface area contributed by atoms with Gasteiger partial charge in [0.15, 0.2) is 0 Å². The highest BCUT2D eigenvalue weighted by Crippen LogP contribution is 2.45. The predicted octanol–water partition coefficient (Wildman–Crippen LogP) is 3.22. The van der Waals surface area contributed by atoms with Crippen molar-refractivity contribution in [2.75, 3.05) is 18.3 Å². The summed E-state index contributed by atoms with van der Waals surface area (Å²) in [7, 11) is -2.69. The molecule has 1 saturated carbocycles. The molecule has 4 N–H and O–H groups in total. The molecule has 13 nitrogen and oxygen atoms in total. The van der Waals surface area contributed by atoms with E-state index in [0.29, 0.717) is 24.5 Å². The number of halogens is 1. The van der Waals surface area contributed by atoms with Crippen molar-refractivity contribution in [3.05, 3.63) is 76.8 Å². The molecule has 6 rings (SSSR count). The molecule has 4 aliphatic rings. The van der Waals surface area contributed by atoms with Crippen molar-refractivity contribution in [1.82, 2.24) is 25.2 Å². The van der Waals surface area contributed by atoms with E-state index in [9.17, 15) is 27.6 Å². The van der Waals surface area contributed by atoms with E-state index in [4.69, 9.17) is 16.3 Å². The molecule has 15 heteroatoms. The zero-order chi connectivity index (χ0) is 34.8. The van der Waals surface area contributed by atoms with Gasteiger partial charge in [0.05, 0.1) is 18.3 Å². The summed E-state index contributed by atoms with van der Waals surface area (Å²) in [4.78, 5) is 57.9. The second-order valence-electron chi connectivity index (χ2n) is 13.1. The maximum absolute atomic E-state index is 14.1. The Morgan fingerprint density at radius 1 is 1.02 bits per heavy atom. The molecule has 4 amide bonds. The van der Waals surface area contributed by atoms with E-state index in [1.807, 2.05) is 36.4 Å². The van der Waals surface area contributed by atoms with Crippen LogP contribution in [0.2, 0.25) is 5.02 Å². The first-order chi connectivity index (χ1) is 23.5. The van der Waals surface area contributed by atoms with Gasteiger partial charge in [-0.3, -0.25) is 24.0 Å². The molecule has 0 unspecified atom stereocenters. The number of ether oxygens (including phenoxy) is 1. The number of anilines is 1. The van der Waals surface area contributed by atoms with Crippen molar-refractivity contribution in [3.8, 4) is 0 Å². The standard InChI is InChI=1S/C34H41ClN6O7S/c1-36-28-12-6-4-2-3-5-11-24-18-34(24,32(44)39-49(46,47)38-26-15-13-25(35)14-16-26)37-30(42)29-17-27(21-41(29)31(28)43)48-33(45)40-19-22-9-7-8-10-23(22)20-40/h5,7-11,13-16,24,27-29,36,38H,2-4,6,12,17-21H2,1H3,(H,37,42)(H,39,44)/b11-5-/t24-,27-,28+,29+,34-/m1/s1. The molecule has 5 atom stereocenters. The third kappa shape index (κ3) is 7.86. The third-order valence-electron chi connectivity index (χ3n) is 9.68. The average molecular weight is 713 g/mol. The monoisotopic (exact) mass is 712 g/mol. The molecule has 262 valence electrons. The Labute approximate surface area is 290 Å². The Hall–Kier alpha value is -4.14. The largest absolute Gasteiger partial charge is 0.444 e. The number of likely N-dealkylation sites (N-methyl/N-ethyl adjacent to an activating group) is 1. The summed E-state index contributed by atoms with van der Waals surface area (Å²) in [6.07, 6.45) is 6.50. The Balaban J connectivity index is 1.21. The van der Waals surface area contributed by atoms with Crippen LogP contribution in [-0.2, 0) is 42.4 Å². The quantitative estimate of drug-likeness (QED) is 0.332. The summed E-state index contributed by atoms with van der Waals surface area (Å²) in [5.41, 5.74) is 0.701. The average Bonchev–Trinajstić information content (AvgIpc) is 3.37. The van der Waals surface area contributed by atoms with Gasteiger partial charge >= 0.3 is 16.3 Å². The lowest BCUT2D eigenvalue weighted by Crippen LogP contribution is -2.58. The number of nitrogens with one attached hydrogen (secondary N) is 4. The van der Waals surface area contributed by atoms with E-state index < -0.39 is 57.8 Å². The Morgan fingerprint density at radius 3 is 2.43 bits per heavy atom. The van der Waals surface area contributed by atoms with Crippen LogP contribution in [0.3, 0.4) is 0 Å². The zero-order valence-electron chi connectivity index (χ0n) is 27.2. The van der Waals surface area contributed by atoms with Crippen molar-refractivity contribution in [2.45, 2.75) is 81.8 Å². The molecule has 3 heterocycles. The minimum Gasteiger partial charge on any atom is -0.444 e. The van der Waals surface area contributed by atoms with Gasteiger partial charge in [-0.05, 0) is 68.1 Å². The molecule has 49 heavy (non-hydrogen) atoms. The first kappa shape index (κ1) is 34.7. The van der Waals surface area contributed by atoms with Crippen LogP contribution in [0, 0.1) is 5.92 Å². The molecule has 0 spiro atoms. The fourth-order valence-corrected chi connectivity index (χ4v) is 7.94. The first-order valence-corrected chi connectivity index (χ1v) is 18.4. The summed E-state index contributed by atoms with van der Waals surface area (Å²) >= 11 is 5.91. The van der Waals surface area contributed by atoms with Gasteiger partial charge in [-0.2, -0.15) is 8.42 Å². The number of amides is 4. The molecular weight excluding hydrogens is 672 g/mol. The highest BCUT2D eigenvalue weighted by Gasteiger charge is 2.61. The molecule has 2 fully saturated rings. The van der Waals surface area contributed by atoms with Gasteiger partial charge in [0.1, 0.15) is 17.7 Å². The lowest BCUT2D eigenvalue weighted by atomic mass is 10.1. The molecule has 0 aromatic heterocycles. The van der Waals surface area contributed by atoms with Crippen LogP contribution >= 0.6 is 11.6 Å². The number of allylic oxidation sites excluding steroid dienone is 1. The molecule has 2 aromatic carbocycles. The fraction of sp³-hybridized carbons (Fsp3) is 0.471. The van der Waals surface area contributed by atoms with Crippen LogP contribution in [0.1, 0.15) is 56.1 Å². The highest BCUT2D eigenvalue weighted by molar-refractivity contribution is 7.91. The molecule has 0 bridgehead atoms. The number of benzene rings is 2. The Kier molecular flexibility index (Phi) is 10.2. The van der Waals surface area contributed by atoms with Crippen molar-refractivity contribution in [2.24, 2.45) is 5.92 Å². The van der Waals surface area contributed by atoms with Crippen molar-refractivity contribution < 1.29 is 32.3 Å². The zero-order valence-corrected chi connectivity index (χ0v) is 28.8. The fourth-order valence-electron chi connectivity index (χ4n) is 6.89. The lowest BCUT2D eigenvalue weighted by molar-refractivity contribution is -0.141. The Morgan fingerprint density at radius 2 is 1.73 bits per heavy atom. The van der Waals surface area contributed by atoms with Crippen molar-refractivity contribution in [3.63, 3.8) is 0 Å². The van der Waals surface area contributed by atoms with E-state index >= 15 is 0 Å². The number of carbonyl (C=O) groups is 4. The summed E-state index contributed by atoms with van der Waals surface area (Å²) in [5.74, 6) is -2.29. The van der Waals surface area contributed by atoms with E-state index in [0.717, 1.165) is 36.8 Å². The SMILES string of the molecule is CN[C@H]1CCCCC/C=C\[C@@H]2C[C@@]2(C(=O)NS(=O)(=O)Nc2ccc(Cl)cc2)NC(=O)[C@@H]2C[C@@H](OC(=O)N3Cc4ccccc4C3)CN2C1=O. The molecular formula is C34H41ClN6O7S. The number of carbonyl (C=O) groups excluding carboxylic acids is 4. The van der Waals surface area contributed by atoms with Gasteiger partial charge in [-0.25, -0.2) is 9.52 Å². The second-order valence-corrected chi connectivity index (χ2v) is 14.9. The number of rotatable bonds is 6. The summed E-state index contributed by atoms with van der Waals surface area (Å²) in [6, 6.07) is 12.0. The number of hydrogen-bond acceptors (Lipinski definition) is 8. The van der Waals surface area contributed by atoms with Gasteiger partial charge < -0.3 is 20.3 Å².